The highest BCUT2D eigenvalue weighted by Crippen LogP contribution is 2.20. The number of pyridine rings is 1. The molecule has 5 nitrogen and oxygen atoms in total. The van der Waals surface area contributed by atoms with Crippen molar-refractivity contribution in [2.75, 3.05) is 4.72 Å². The molecule has 0 unspecified atom stereocenters. The molecule has 20 heavy (non-hydrogen) atoms. The Morgan fingerprint density at radius 1 is 1.35 bits per heavy atom. The molecule has 1 aromatic carbocycles. The Kier molecular flexibility index (Phi) is 4.06. The molecule has 0 saturated heterocycles. The molecular formula is C13H10BrN3O2S. The van der Waals surface area contributed by atoms with E-state index in [0.29, 0.717) is 10.3 Å². The zero-order valence-corrected chi connectivity index (χ0v) is 12.9. The van der Waals surface area contributed by atoms with Crippen LogP contribution in [0.15, 0.2) is 46.0 Å². The van der Waals surface area contributed by atoms with Gasteiger partial charge in [0.25, 0.3) is 10.0 Å². The van der Waals surface area contributed by atoms with Gasteiger partial charge >= 0.3 is 0 Å². The lowest BCUT2D eigenvalue weighted by Gasteiger charge is -2.09. The number of aromatic nitrogens is 1. The topological polar surface area (TPSA) is 82.9 Å². The monoisotopic (exact) mass is 351 g/mol. The van der Waals surface area contributed by atoms with Gasteiger partial charge in [-0.15, -0.1) is 0 Å². The van der Waals surface area contributed by atoms with Crippen molar-refractivity contribution < 1.29 is 8.42 Å². The van der Waals surface area contributed by atoms with Crippen molar-refractivity contribution in [1.29, 1.82) is 5.26 Å². The van der Waals surface area contributed by atoms with Gasteiger partial charge in [0.05, 0.1) is 28.4 Å². The fraction of sp³-hybridized carbons (Fsp3) is 0.0769. The molecule has 2 rings (SSSR count). The van der Waals surface area contributed by atoms with Gasteiger partial charge in [0.15, 0.2) is 0 Å². The number of nitriles is 1. The Balaban J connectivity index is 2.35. The fourth-order valence-corrected chi connectivity index (χ4v) is 2.86. The Hall–Kier alpha value is -1.91. The first-order chi connectivity index (χ1) is 9.42. The van der Waals surface area contributed by atoms with Crippen LogP contribution in [0.1, 0.15) is 11.1 Å². The summed E-state index contributed by atoms with van der Waals surface area (Å²) in [4.78, 5) is 4.07. The number of nitrogens with one attached hydrogen (secondary N) is 1. The maximum atomic E-state index is 12.2. The lowest BCUT2D eigenvalue weighted by atomic mass is 10.2. The largest absolute Gasteiger partial charge is 0.278 e. The van der Waals surface area contributed by atoms with E-state index in [4.69, 9.17) is 5.26 Å². The van der Waals surface area contributed by atoms with Crippen molar-refractivity contribution in [1.82, 2.24) is 4.98 Å². The average molecular weight is 352 g/mol. The van der Waals surface area contributed by atoms with Crippen LogP contribution in [0.5, 0.6) is 0 Å². The Morgan fingerprint density at radius 2 is 2.10 bits per heavy atom. The molecule has 0 amide bonds. The van der Waals surface area contributed by atoms with Crippen molar-refractivity contribution in [3.63, 3.8) is 0 Å². The summed E-state index contributed by atoms with van der Waals surface area (Å²) in [5.74, 6) is 0. The summed E-state index contributed by atoms with van der Waals surface area (Å²) in [6.07, 6.45) is 1.42. The van der Waals surface area contributed by atoms with E-state index in [9.17, 15) is 8.42 Å². The van der Waals surface area contributed by atoms with Gasteiger partial charge in [-0.25, -0.2) is 13.4 Å². The van der Waals surface area contributed by atoms with E-state index in [0.717, 1.165) is 5.56 Å². The summed E-state index contributed by atoms with van der Waals surface area (Å²) < 4.78 is 27.5. The SMILES string of the molecule is Cc1cc(NS(=O)(=O)c2cccc(C#N)c2)cnc1Br. The van der Waals surface area contributed by atoms with Crippen LogP contribution < -0.4 is 4.72 Å². The molecule has 1 N–H and O–H groups in total. The number of sulfonamides is 1. The van der Waals surface area contributed by atoms with Crippen LogP contribution in [0, 0.1) is 18.3 Å². The van der Waals surface area contributed by atoms with Crippen LogP contribution in [0.2, 0.25) is 0 Å². The highest BCUT2D eigenvalue weighted by Gasteiger charge is 2.15. The highest BCUT2D eigenvalue weighted by atomic mass is 79.9. The van der Waals surface area contributed by atoms with Gasteiger partial charge in [-0.2, -0.15) is 5.26 Å². The van der Waals surface area contributed by atoms with E-state index in [1.165, 1.54) is 24.4 Å². The molecule has 7 heteroatoms. The molecule has 0 bridgehead atoms. The highest BCUT2D eigenvalue weighted by molar-refractivity contribution is 9.10. The normalized spacial score (nSPS) is 10.8. The summed E-state index contributed by atoms with van der Waals surface area (Å²) >= 11 is 3.25. The molecule has 0 spiro atoms. The lowest BCUT2D eigenvalue weighted by molar-refractivity contribution is 0.601. The molecule has 0 aliphatic heterocycles. The fourth-order valence-electron chi connectivity index (χ4n) is 1.56. The summed E-state index contributed by atoms with van der Waals surface area (Å²) in [6.45, 7) is 1.81. The molecule has 0 radical (unpaired) electrons. The third kappa shape index (κ3) is 3.15. The number of aryl methyl sites for hydroxylation is 1. The maximum absolute atomic E-state index is 12.2. The van der Waals surface area contributed by atoms with Crippen molar-refractivity contribution in [3.8, 4) is 6.07 Å². The van der Waals surface area contributed by atoms with E-state index < -0.39 is 10.0 Å². The quantitative estimate of drug-likeness (QED) is 0.861. The number of benzene rings is 1. The summed E-state index contributed by atoms with van der Waals surface area (Å²) in [5.41, 5.74) is 1.47. The number of hydrogen-bond acceptors (Lipinski definition) is 4. The minimum absolute atomic E-state index is 0.0390. The minimum Gasteiger partial charge on any atom is -0.278 e. The van der Waals surface area contributed by atoms with Gasteiger partial charge in [0.1, 0.15) is 4.60 Å². The molecule has 1 aromatic heterocycles. The Labute approximate surface area is 125 Å². The number of rotatable bonds is 3. The number of nitrogens with zero attached hydrogens (tertiary/aromatic N) is 2. The summed E-state index contributed by atoms with van der Waals surface area (Å²) in [5, 5.41) is 8.80. The van der Waals surface area contributed by atoms with Crippen molar-refractivity contribution in [2.45, 2.75) is 11.8 Å². The summed E-state index contributed by atoms with van der Waals surface area (Å²) in [7, 11) is -3.73. The molecule has 0 aliphatic carbocycles. The smallest absolute Gasteiger partial charge is 0.261 e. The van der Waals surface area contributed by atoms with Crippen LogP contribution in [0.25, 0.3) is 0 Å². The lowest BCUT2D eigenvalue weighted by Crippen LogP contribution is -2.13. The van der Waals surface area contributed by atoms with Crippen LogP contribution in [-0.4, -0.2) is 13.4 Å². The third-order valence-electron chi connectivity index (χ3n) is 2.54. The number of halogens is 1. The van der Waals surface area contributed by atoms with Gasteiger partial charge in [-0.3, -0.25) is 4.72 Å². The van der Waals surface area contributed by atoms with E-state index >= 15 is 0 Å². The molecule has 2 aromatic rings. The third-order valence-corrected chi connectivity index (χ3v) is 4.75. The first-order valence-electron chi connectivity index (χ1n) is 5.57. The molecule has 0 saturated carbocycles. The van der Waals surface area contributed by atoms with E-state index in [2.05, 4.69) is 25.6 Å². The van der Waals surface area contributed by atoms with Crippen molar-refractivity contribution >= 4 is 31.6 Å². The first kappa shape index (κ1) is 14.5. The minimum atomic E-state index is -3.73. The second-order valence-corrected chi connectivity index (χ2v) is 6.51. The number of anilines is 1. The van der Waals surface area contributed by atoms with Gasteiger partial charge in [-0.05, 0) is 52.7 Å². The average Bonchev–Trinajstić information content (AvgIpc) is 2.43. The molecule has 1 heterocycles. The van der Waals surface area contributed by atoms with Gasteiger partial charge in [0, 0.05) is 0 Å². The van der Waals surface area contributed by atoms with E-state index in [-0.39, 0.29) is 10.5 Å². The van der Waals surface area contributed by atoms with Crippen molar-refractivity contribution in [3.05, 3.63) is 52.3 Å². The second-order valence-electron chi connectivity index (χ2n) is 4.08. The predicted octanol–water partition coefficient (Wildman–Crippen LogP) is 2.83. The van der Waals surface area contributed by atoms with Crippen LogP contribution >= 0.6 is 15.9 Å². The zero-order valence-electron chi connectivity index (χ0n) is 10.5. The van der Waals surface area contributed by atoms with Crippen LogP contribution in [0.4, 0.5) is 5.69 Å². The first-order valence-corrected chi connectivity index (χ1v) is 7.85. The Morgan fingerprint density at radius 3 is 2.75 bits per heavy atom. The molecular weight excluding hydrogens is 342 g/mol. The standard InChI is InChI=1S/C13H10BrN3O2S/c1-9-5-11(8-16-13(9)14)17-20(18,19)12-4-2-3-10(6-12)7-15/h2-6,8,17H,1H3. The van der Waals surface area contributed by atoms with Crippen LogP contribution in [-0.2, 0) is 10.0 Å². The second kappa shape index (κ2) is 5.61. The van der Waals surface area contributed by atoms with Gasteiger partial charge in [-0.1, -0.05) is 6.07 Å². The molecule has 102 valence electrons. The van der Waals surface area contributed by atoms with Crippen LogP contribution in [0.3, 0.4) is 0 Å². The van der Waals surface area contributed by atoms with Crippen molar-refractivity contribution in [2.24, 2.45) is 0 Å². The zero-order chi connectivity index (χ0) is 14.8. The van der Waals surface area contributed by atoms with Gasteiger partial charge in [0.2, 0.25) is 0 Å². The molecule has 0 fully saturated rings. The number of hydrogen-bond donors (Lipinski definition) is 1. The van der Waals surface area contributed by atoms with Gasteiger partial charge < -0.3 is 0 Å². The maximum Gasteiger partial charge on any atom is 0.261 e. The molecule has 0 aliphatic rings. The predicted molar refractivity (Wildman–Crippen MR) is 78.6 cm³/mol. The van der Waals surface area contributed by atoms with E-state index in [1.807, 2.05) is 13.0 Å². The molecule has 0 atom stereocenters. The Bertz CT molecular complexity index is 798. The van der Waals surface area contributed by atoms with E-state index in [1.54, 1.807) is 12.1 Å². The summed E-state index contributed by atoms with van der Waals surface area (Å²) in [6, 6.07) is 9.40.